The first-order valence-corrected chi connectivity index (χ1v) is 7.88. The van der Waals surface area contributed by atoms with E-state index in [1.165, 1.54) is 0 Å². The summed E-state index contributed by atoms with van der Waals surface area (Å²) in [7, 11) is 0. The zero-order chi connectivity index (χ0) is 14.3. The molecule has 0 spiro atoms. The van der Waals surface area contributed by atoms with Gasteiger partial charge >= 0.3 is 5.97 Å². The molecule has 2 aliphatic rings. The molecule has 1 aliphatic carbocycles. The summed E-state index contributed by atoms with van der Waals surface area (Å²) in [6, 6.07) is 5.64. The molecule has 1 fully saturated rings. The number of thioether (sulfide) groups is 1. The first-order chi connectivity index (χ1) is 9.56. The highest BCUT2D eigenvalue weighted by Gasteiger charge is 2.48. The number of rotatable bonds is 3. The number of nitrogens with one attached hydrogen (secondary N) is 1. The molecule has 1 aliphatic heterocycles. The minimum absolute atomic E-state index is 0.0625. The van der Waals surface area contributed by atoms with E-state index in [-0.39, 0.29) is 17.9 Å². The van der Waals surface area contributed by atoms with Gasteiger partial charge in [0.2, 0.25) is 5.91 Å². The van der Waals surface area contributed by atoms with Gasteiger partial charge in [0.25, 0.3) is 0 Å². The topological polar surface area (TPSA) is 66.4 Å². The third-order valence-electron chi connectivity index (χ3n) is 3.77. The Hall–Kier alpha value is -1.20. The molecule has 4 nitrogen and oxygen atoms in total. The molecule has 1 aromatic carbocycles. The van der Waals surface area contributed by atoms with Crippen LogP contribution in [0.5, 0.6) is 0 Å². The summed E-state index contributed by atoms with van der Waals surface area (Å²) in [5, 5.41) is 12.5. The van der Waals surface area contributed by atoms with Crippen molar-refractivity contribution in [1.29, 1.82) is 0 Å². The molecule has 1 saturated carbocycles. The van der Waals surface area contributed by atoms with E-state index in [0.717, 1.165) is 22.6 Å². The van der Waals surface area contributed by atoms with Gasteiger partial charge in [-0.15, -0.1) is 11.8 Å². The predicted molar refractivity (Wildman–Crippen MR) is 76.9 cm³/mol. The lowest BCUT2D eigenvalue weighted by Gasteiger charge is -2.26. The van der Waals surface area contributed by atoms with Crippen molar-refractivity contribution in [1.82, 2.24) is 5.32 Å². The normalized spacial score (nSPS) is 27.6. The van der Waals surface area contributed by atoms with E-state index in [2.05, 4.69) is 5.32 Å². The third-order valence-corrected chi connectivity index (χ3v) is 5.13. The summed E-state index contributed by atoms with van der Waals surface area (Å²) >= 11 is 7.77. The fourth-order valence-corrected chi connectivity index (χ4v) is 3.84. The fourth-order valence-electron chi connectivity index (χ4n) is 2.55. The van der Waals surface area contributed by atoms with Crippen LogP contribution in [-0.4, -0.2) is 22.7 Å². The molecule has 0 saturated heterocycles. The molecule has 1 unspecified atom stereocenters. The van der Waals surface area contributed by atoms with Crippen LogP contribution < -0.4 is 5.32 Å². The number of amides is 1. The Morgan fingerprint density at radius 2 is 2.15 bits per heavy atom. The summed E-state index contributed by atoms with van der Waals surface area (Å²) in [5.74, 6) is -0.975. The highest BCUT2D eigenvalue weighted by molar-refractivity contribution is 7.99. The lowest BCUT2D eigenvalue weighted by atomic mass is 10.0. The lowest BCUT2D eigenvalue weighted by Crippen LogP contribution is -2.32. The van der Waals surface area contributed by atoms with E-state index in [9.17, 15) is 9.59 Å². The second kappa shape index (κ2) is 5.30. The molecule has 3 rings (SSSR count). The Kier molecular flexibility index (Phi) is 3.65. The maximum atomic E-state index is 12.1. The van der Waals surface area contributed by atoms with Crippen LogP contribution in [0.25, 0.3) is 0 Å². The second-order valence-corrected chi connectivity index (χ2v) is 6.74. The number of hydrogen-bond acceptors (Lipinski definition) is 3. The number of halogens is 1. The summed E-state index contributed by atoms with van der Waals surface area (Å²) in [6.45, 7) is 0. The summed E-state index contributed by atoms with van der Waals surface area (Å²) in [4.78, 5) is 24.0. The van der Waals surface area contributed by atoms with Crippen LogP contribution in [0.3, 0.4) is 0 Å². The van der Waals surface area contributed by atoms with Crippen molar-refractivity contribution in [3.8, 4) is 0 Å². The molecule has 2 N–H and O–H groups in total. The molecular formula is C14H14ClNO3S. The third kappa shape index (κ3) is 2.65. The van der Waals surface area contributed by atoms with Crippen LogP contribution in [0.4, 0.5) is 0 Å². The lowest BCUT2D eigenvalue weighted by molar-refractivity contribution is -0.140. The van der Waals surface area contributed by atoms with Crippen LogP contribution >= 0.6 is 23.4 Å². The number of aliphatic carboxylic acids is 1. The second-order valence-electron chi connectivity index (χ2n) is 5.17. The van der Waals surface area contributed by atoms with E-state index < -0.39 is 11.9 Å². The molecule has 0 radical (unpaired) electrons. The van der Waals surface area contributed by atoms with Gasteiger partial charge in [0.15, 0.2) is 0 Å². The zero-order valence-electron chi connectivity index (χ0n) is 10.6. The van der Waals surface area contributed by atoms with Gasteiger partial charge in [-0.1, -0.05) is 11.6 Å². The van der Waals surface area contributed by atoms with E-state index in [1.54, 1.807) is 11.8 Å². The molecule has 1 aromatic rings. The number of carbonyl (C=O) groups is 2. The Labute approximate surface area is 125 Å². The highest BCUT2D eigenvalue weighted by Crippen LogP contribution is 2.41. The van der Waals surface area contributed by atoms with E-state index in [0.29, 0.717) is 11.4 Å². The molecule has 20 heavy (non-hydrogen) atoms. The van der Waals surface area contributed by atoms with Gasteiger partial charge in [-0.05, 0) is 36.6 Å². The van der Waals surface area contributed by atoms with E-state index in [1.807, 2.05) is 18.2 Å². The number of benzene rings is 1. The molecule has 3 atom stereocenters. The SMILES string of the molecule is O=C(O)[C@H]1C[C@H]1C(=O)NC1CCSc2ccc(Cl)cc21. The first-order valence-electron chi connectivity index (χ1n) is 6.51. The van der Waals surface area contributed by atoms with Crippen LogP contribution in [0.2, 0.25) is 5.02 Å². The Morgan fingerprint density at radius 1 is 1.35 bits per heavy atom. The van der Waals surface area contributed by atoms with Crippen molar-refractivity contribution in [2.24, 2.45) is 11.8 Å². The fraction of sp³-hybridized carbons (Fsp3) is 0.429. The van der Waals surface area contributed by atoms with Crippen molar-refractivity contribution in [3.05, 3.63) is 28.8 Å². The quantitative estimate of drug-likeness (QED) is 0.900. The minimum atomic E-state index is -0.882. The standard InChI is InChI=1S/C14H14ClNO3S/c15-7-1-2-12-10(5-7)11(3-4-20-12)16-13(17)8-6-9(8)14(18)19/h1-2,5,8-9,11H,3-4,6H2,(H,16,17)(H,18,19)/t8-,9+,11?/m1/s1. The van der Waals surface area contributed by atoms with Gasteiger partial charge in [-0.2, -0.15) is 0 Å². The monoisotopic (exact) mass is 311 g/mol. The van der Waals surface area contributed by atoms with Gasteiger partial charge in [0.1, 0.15) is 0 Å². The minimum Gasteiger partial charge on any atom is -0.481 e. The average molecular weight is 312 g/mol. The van der Waals surface area contributed by atoms with Crippen molar-refractivity contribution in [2.45, 2.75) is 23.8 Å². The van der Waals surface area contributed by atoms with E-state index >= 15 is 0 Å². The van der Waals surface area contributed by atoms with Crippen molar-refractivity contribution in [3.63, 3.8) is 0 Å². The predicted octanol–water partition coefficient (Wildman–Crippen LogP) is 2.71. The van der Waals surface area contributed by atoms with Gasteiger partial charge in [-0.25, -0.2) is 0 Å². The Balaban J connectivity index is 1.72. The molecule has 106 valence electrons. The molecule has 6 heteroatoms. The van der Waals surface area contributed by atoms with Gasteiger partial charge < -0.3 is 10.4 Å². The average Bonchev–Trinajstić information content (AvgIpc) is 3.20. The largest absolute Gasteiger partial charge is 0.481 e. The summed E-state index contributed by atoms with van der Waals surface area (Å²) < 4.78 is 0. The van der Waals surface area contributed by atoms with Crippen molar-refractivity contribution >= 4 is 35.2 Å². The number of carbonyl (C=O) groups excluding carboxylic acids is 1. The van der Waals surface area contributed by atoms with Crippen LogP contribution in [0.1, 0.15) is 24.4 Å². The van der Waals surface area contributed by atoms with Gasteiger partial charge in [-0.3, -0.25) is 9.59 Å². The zero-order valence-corrected chi connectivity index (χ0v) is 12.2. The molecule has 0 aromatic heterocycles. The maximum absolute atomic E-state index is 12.1. The molecule has 1 heterocycles. The molecule has 1 amide bonds. The van der Waals surface area contributed by atoms with Gasteiger partial charge in [0, 0.05) is 15.7 Å². The van der Waals surface area contributed by atoms with E-state index in [4.69, 9.17) is 16.7 Å². The maximum Gasteiger partial charge on any atom is 0.307 e. The van der Waals surface area contributed by atoms with Crippen molar-refractivity contribution < 1.29 is 14.7 Å². The highest BCUT2D eigenvalue weighted by atomic mass is 35.5. The van der Waals surface area contributed by atoms with Crippen LogP contribution in [-0.2, 0) is 9.59 Å². The molecule has 0 bridgehead atoms. The Morgan fingerprint density at radius 3 is 2.85 bits per heavy atom. The summed E-state index contributed by atoms with van der Waals surface area (Å²) in [6.07, 6.45) is 1.29. The molecular weight excluding hydrogens is 298 g/mol. The number of carboxylic acid groups (broad SMARTS) is 1. The number of hydrogen-bond donors (Lipinski definition) is 2. The number of carboxylic acids is 1. The van der Waals surface area contributed by atoms with Crippen LogP contribution in [0.15, 0.2) is 23.1 Å². The first kappa shape index (κ1) is 13.8. The van der Waals surface area contributed by atoms with Crippen LogP contribution in [0, 0.1) is 11.8 Å². The van der Waals surface area contributed by atoms with Gasteiger partial charge in [0.05, 0.1) is 17.9 Å². The summed E-state index contributed by atoms with van der Waals surface area (Å²) in [5.41, 5.74) is 1.04. The Bertz CT molecular complexity index is 578. The number of fused-ring (bicyclic) bond motifs is 1. The smallest absolute Gasteiger partial charge is 0.307 e. The van der Waals surface area contributed by atoms with Crippen molar-refractivity contribution in [2.75, 3.05) is 5.75 Å².